The van der Waals surface area contributed by atoms with Gasteiger partial charge in [0.15, 0.2) is 0 Å². The number of carboxylic acid groups (broad SMARTS) is 1. The summed E-state index contributed by atoms with van der Waals surface area (Å²) in [6, 6.07) is 3.13. The Morgan fingerprint density at radius 3 is 2.08 bits per heavy atom. The van der Waals surface area contributed by atoms with E-state index in [-0.39, 0.29) is 12.8 Å². The predicted molar refractivity (Wildman–Crippen MR) is 129 cm³/mol. The molecule has 1 heterocycles. The molecule has 4 amide bonds. The second-order valence-electron chi connectivity index (χ2n) is 8.43. The van der Waals surface area contributed by atoms with Gasteiger partial charge in [0.2, 0.25) is 23.6 Å². The number of carboxylic acids is 1. The summed E-state index contributed by atoms with van der Waals surface area (Å²) in [5.74, 6) is -4.91. The Labute approximate surface area is 212 Å². The molecule has 5 unspecified atom stereocenters. The molecule has 0 aliphatic carbocycles. The highest BCUT2D eigenvalue weighted by Crippen LogP contribution is 2.06. The molecule has 2 rings (SSSR count). The van der Waals surface area contributed by atoms with Crippen molar-refractivity contribution in [2.75, 3.05) is 0 Å². The first kappa shape index (κ1) is 28.9. The summed E-state index contributed by atoms with van der Waals surface area (Å²) in [5, 5.41) is 26.2. The maximum atomic E-state index is 13.2. The highest BCUT2D eigenvalue weighted by Gasteiger charge is 2.32. The van der Waals surface area contributed by atoms with Gasteiger partial charge in [-0.2, -0.15) is 0 Å². The second-order valence-corrected chi connectivity index (χ2v) is 8.43. The summed E-state index contributed by atoms with van der Waals surface area (Å²) in [5.41, 5.74) is 12.0. The van der Waals surface area contributed by atoms with Crippen LogP contribution in [-0.4, -0.2) is 80.1 Å². The number of nitrogens with zero attached hydrogens (tertiary/aromatic N) is 1. The van der Waals surface area contributed by atoms with Crippen molar-refractivity contribution >= 4 is 29.6 Å². The van der Waals surface area contributed by atoms with Crippen molar-refractivity contribution in [1.82, 2.24) is 25.9 Å². The minimum absolute atomic E-state index is 0.00652. The topological polar surface area (TPSA) is 243 Å². The molecule has 0 saturated heterocycles. The number of aliphatic hydroxyl groups excluding tert-OH is 1. The van der Waals surface area contributed by atoms with E-state index in [1.807, 2.05) is 0 Å². The van der Waals surface area contributed by atoms with Crippen LogP contribution in [0.1, 0.15) is 24.6 Å². The van der Waals surface area contributed by atoms with Crippen molar-refractivity contribution < 1.29 is 34.2 Å². The molecule has 0 aliphatic heterocycles. The van der Waals surface area contributed by atoms with E-state index >= 15 is 0 Å². The van der Waals surface area contributed by atoms with E-state index < -0.39 is 66.3 Å². The molecule has 1 aromatic carbocycles. The Kier molecular flexibility index (Phi) is 10.7. The fourth-order valence-electron chi connectivity index (χ4n) is 3.32. The zero-order chi connectivity index (χ0) is 27.5. The van der Waals surface area contributed by atoms with E-state index in [0.717, 1.165) is 0 Å². The highest BCUT2D eigenvalue weighted by molar-refractivity contribution is 5.96. The Balaban J connectivity index is 2.21. The summed E-state index contributed by atoms with van der Waals surface area (Å²) < 4.78 is 0. The normalized spacial score (nSPS) is 14.9. The van der Waals surface area contributed by atoms with Gasteiger partial charge in [-0.3, -0.25) is 19.2 Å². The van der Waals surface area contributed by atoms with Crippen molar-refractivity contribution in [3.05, 3.63) is 54.1 Å². The number of carbonyl (C=O) groups excluding carboxylic acids is 4. The number of amides is 4. The fourth-order valence-corrected chi connectivity index (χ4v) is 3.32. The Morgan fingerprint density at radius 1 is 0.946 bits per heavy atom. The highest BCUT2D eigenvalue weighted by atomic mass is 16.4. The van der Waals surface area contributed by atoms with E-state index in [1.165, 1.54) is 19.4 Å². The van der Waals surface area contributed by atoms with Crippen LogP contribution < -0.4 is 27.4 Å². The number of imidazole rings is 1. The van der Waals surface area contributed by atoms with Crippen LogP contribution in [0.2, 0.25) is 0 Å². The summed E-state index contributed by atoms with van der Waals surface area (Å²) in [7, 11) is 0. The lowest BCUT2D eigenvalue weighted by Crippen LogP contribution is -2.59. The van der Waals surface area contributed by atoms with E-state index in [4.69, 9.17) is 11.5 Å². The molecular weight excluding hydrogens is 486 g/mol. The van der Waals surface area contributed by atoms with Crippen LogP contribution in [0.3, 0.4) is 0 Å². The fraction of sp³-hybridized carbons (Fsp3) is 0.391. The second kappa shape index (κ2) is 13.7. The van der Waals surface area contributed by atoms with Crippen molar-refractivity contribution in [2.24, 2.45) is 11.5 Å². The molecule has 0 spiro atoms. The number of benzene rings is 1. The summed E-state index contributed by atoms with van der Waals surface area (Å²) in [6.07, 6.45) is 0.760. The molecule has 0 bridgehead atoms. The van der Waals surface area contributed by atoms with E-state index in [2.05, 4.69) is 25.9 Å². The molecule has 0 aliphatic rings. The molecular formula is C23H31N7O7. The Morgan fingerprint density at radius 2 is 1.54 bits per heavy atom. The molecule has 1 aromatic heterocycles. The molecule has 2 aromatic rings. The van der Waals surface area contributed by atoms with Gasteiger partial charge in [-0.15, -0.1) is 0 Å². The van der Waals surface area contributed by atoms with Gasteiger partial charge in [-0.05, 0) is 12.5 Å². The third-order valence-corrected chi connectivity index (χ3v) is 5.37. The first-order chi connectivity index (χ1) is 17.5. The molecule has 0 radical (unpaired) electrons. The summed E-state index contributed by atoms with van der Waals surface area (Å²) >= 11 is 0. The van der Waals surface area contributed by atoms with Gasteiger partial charge >= 0.3 is 5.97 Å². The number of nitrogens with two attached hydrogens (primary N) is 2. The quantitative estimate of drug-likeness (QED) is 0.130. The smallest absolute Gasteiger partial charge is 0.326 e. The minimum atomic E-state index is -1.53. The van der Waals surface area contributed by atoms with E-state index in [9.17, 15) is 34.2 Å². The zero-order valence-corrected chi connectivity index (χ0v) is 20.1. The van der Waals surface area contributed by atoms with Crippen LogP contribution in [0.15, 0.2) is 42.9 Å². The van der Waals surface area contributed by atoms with Crippen LogP contribution >= 0.6 is 0 Å². The molecule has 10 N–H and O–H groups in total. The maximum Gasteiger partial charge on any atom is 0.326 e. The van der Waals surface area contributed by atoms with Gasteiger partial charge in [0.1, 0.15) is 24.2 Å². The average Bonchev–Trinajstić information content (AvgIpc) is 3.35. The lowest BCUT2D eigenvalue weighted by Gasteiger charge is -2.25. The van der Waals surface area contributed by atoms with Gasteiger partial charge in [0, 0.05) is 24.7 Å². The van der Waals surface area contributed by atoms with Gasteiger partial charge in [0.05, 0.1) is 18.9 Å². The lowest BCUT2D eigenvalue weighted by molar-refractivity contribution is -0.142. The Hall–Kier alpha value is -4.30. The third-order valence-electron chi connectivity index (χ3n) is 5.37. The molecule has 0 fully saturated rings. The van der Waals surface area contributed by atoms with Crippen LogP contribution in [0.25, 0.3) is 0 Å². The van der Waals surface area contributed by atoms with Crippen LogP contribution in [0.5, 0.6) is 0 Å². The number of rotatable bonds is 14. The first-order valence-electron chi connectivity index (χ1n) is 11.3. The largest absolute Gasteiger partial charge is 0.480 e. The van der Waals surface area contributed by atoms with Crippen LogP contribution in [-0.2, 0) is 36.8 Å². The predicted octanol–water partition coefficient (Wildman–Crippen LogP) is -2.68. The SMILES string of the molecule is CC(O)C(N)C(=O)NC(Cc1ccccc1)C(=O)NC(CC(N)=O)C(=O)NC(Cc1cnc[nH]1)C(=O)O. The number of aliphatic carboxylic acids is 1. The number of hydrogen-bond acceptors (Lipinski definition) is 8. The lowest BCUT2D eigenvalue weighted by atomic mass is 10.0. The number of H-pyrrole nitrogens is 1. The standard InChI is InChI=1S/C23H31N7O7/c1-12(31)19(25)22(35)29-15(7-13-5-3-2-4-6-13)20(33)28-16(9-18(24)32)21(34)30-17(23(36)37)8-14-10-26-11-27-14/h2-6,10-12,15-17,19,31H,7-9,25H2,1H3,(H2,24,32)(H,26,27)(H,28,33)(H,29,35)(H,30,34)(H,36,37). The van der Waals surface area contributed by atoms with Crippen molar-refractivity contribution in [2.45, 2.75) is 56.5 Å². The van der Waals surface area contributed by atoms with E-state index in [1.54, 1.807) is 30.3 Å². The molecule has 0 saturated carbocycles. The number of aliphatic hydroxyl groups is 1. The number of primary amides is 1. The summed E-state index contributed by atoms with van der Waals surface area (Å²) in [6.45, 7) is 1.31. The third kappa shape index (κ3) is 9.35. The zero-order valence-electron chi connectivity index (χ0n) is 20.1. The van der Waals surface area contributed by atoms with Gasteiger partial charge in [-0.25, -0.2) is 9.78 Å². The van der Waals surface area contributed by atoms with Crippen LogP contribution in [0.4, 0.5) is 0 Å². The number of carbonyl (C=O) groups is 5. The first-order valence-corrected chi connectivity index (χ1v) is 11.3. The van der Waals surface area contributed by atoms with Gasteiger partial charge in [0.25, 0.3) is 0 Å². The molecule has 200 valence electrons. The van der Waals surface area contributed by atoms with Gasteiger partial charge in [-0.1, -0.05) is 30.3 Å². The number of aromatic nitrogens is 2. The van der Waals surface area contributed by atoms with Crippen LogP contribution in [0, 0.1) is 0 Å². The summed E-state index contributed by atoms with van der Waals surface area (Å²) in [4.78, 5) is 68.3. The Bertz CT molecular complexity index is 1080. The van der Waals surface area contributed by atoms with E-state index in [0.29, 0.717) is 11.3 Å². The molecule has 37 heavy (non-hydrogen) atoms. The monoisotopic (exact) mass is 517 g/mol. The number of nitrogens with one attached hydrogen (secondary N) is 4. The molecule has 14 nitrogen and oxygen atoms in total. The van der Waals surface area contributed by atoms with Crippen molar-refractivity contribution in [3.8, 4) is 0 Å². The maximum absolute atomic E-state index is 13.2. The van der Waals surface area contributed by atoms with Crippen molar-refractivity contribution in [1.29, 1.82) is 0 Å². The van der Waals surface area contributed by atoms with Gasteiger partial charge < -0.3 is 42.6 Å². The average molecular weight is 518 g/mol. The number of hydrogen-bond donors (Lipinski definition) is 8. The van der Waals surface area contributed by atoms with Crippen molar-refractivity contribution in [3.63, 3.8) is 0 Å². The molecule has 14 heteroatoms. The molecule has 5 atom stereocenters. The number of aromatic amines is 1. The minimum Gasteiger partial charge on any atom is -0.480 e.